The van der Waals surface area contributed by atoms with Crippen molar-refractivity contribution in [1.29, 1.82) is 0 Å². The quantitative estimate of drug-likeness (QED) is 0.693. The Labute approximate surface area is 157 Å². The van der Waals surface area contributed by atoms with Crippen LogP contribution in [0.4, 0.5) is 0 Å². The molecule has 1 amide bonds. The first-order chi connectivity index (χ1) is 12.0. The van der Waals surface area contributed by atoms with Crippen LogP contribution in [0, 0.1) is 0 Å². The highest BCUT2D eigenvalue weighted by molar-refractivity contribution is 9.10. The molecule has 0 unspecified atom stereocenters. The molecule has 1 N–H and O–H groups in total. The van der Waals surface area contributed by atoms with E-state index < -0.39 is 0 Å². The van der Waals surface area contributed by atoms with Gasteiger partial charge in [0.25, 0.3) is 5.91 Å². The first-order valence-corrected chi connectivity index (χ1v) is 9.20. The average Bonchev–Trinajstić information content (AvgIpc) is 2.60. The van der Waals surface area contributed by atoms with E-state index in [1.165, 1.54) is 5.56 Å². The van der Waals surface area contributed by atoms with Crippen molar-refractivity contribution in [1.82, 2.24) is 5.32 Å². The number of nitrogens with one attached hydrogen (secondary N) is 1. The van der Waals surface area contributed by atoms with Gasteiger partial charge in [0.15, 0.2) is 6.61 Å². The molecule has 0 aromatic heterocycles. The third kappa shape index (κ3) is 5.78. The molecule has 134 valence electrons. The fourth-order valence-electron chi connectivity index (χ4n) is 2.33. The van der Waals surface area contributed by atoms with E-state index in [1.807, 2.05) is 49.4 Å². The van der Waals surface area contributed by atoms with Gasteiger partial charge in [0.05, 0.1) is 11.1 Å². The first-order valence-electron chi connectivity index (χ1n) is 8.41. The molecule has 0 fully saturated rings. The van der Waals surface area contributed by atoms with Crippen LogP contribution in [-0.2, 0) is 11.3 Å². The lowest BCUT2D eigenvalue weighted by molar-refractivity contribution is -0.123. The molecule has 0 aliphatic carbocycles. The second-order valence-electron chi connectivity index (χ2n) is 5.95. The van der Waals surface area contributed by atoms with E-state index >= 15 is 0 Å². The van der Waals surface area contributed by atoms with Crippen molar-refractivity contribution < 1.29 is 14.3 Å². The summed E-state index contributed by atoms with van der Waals surface area (Å²) < 4.78 is 12.0. The molecule has 0 aliphatic heterocycles. The van der Waals surface area contributed by atoms with Gasteiger partial charge in [-0.05, 0) is 52.5 Å². The molecule has 0 saturated heterocycles. The minimum atomic E-state index is -0.175. The maximum Gasteiger partial charge on any atom is 0.258 e. The Kier molecular flexibility index (Phi) is 7.31. The van der Waals surface area contributed by atoms with E-state index in [2.05, 4.69) is 35.1 Å². The number of benzene rings is 2. The van der Waals surface area contributed by atoms with Crippen LogP contribution < -0.4 is 14.8 Å². The predicted octanol–water partition coefficient (Wildman–Crippen LogP) is 4.67. The summed E-state index contributed by atoms with van der Waals surface area (Å²) in [7, 11) is 0. The molecule has 0 saturated carbocycles. The molecule has 0 radical (unpaired) electrons. The number of carbonyl (C=O) groups is 1. The zero-order valence-corrected chi connectivity index (χ0v) is 16.4. The topological polar surface area (TPSA) is 47.6 Å². The Balaban J connectivity index is 1.87. The number of para-hydroxylation sites is 1. The number of rotatable bonds is 8. The van der Waals surface area contributed by atoms with Gasteiger partial charge in [0.2, 0.25) is 0 Å². The highest BCUT2D eigenvalue weighted by Gasteiger charge is 2.09. The molecule has 2 rings (SSSR count). The van der Waals surface area contributed by atoms with Crippen LogP contribution in [0.25, 0.3) is 0 Å². The SMILES string of the molecule is CCOc1ccccc1CNC(=O)COc1ccc(C(C)C)cc1Br. The van der Waals surface area contributed by atoms with E-state index in [-0.39, 0.29) is 12.5 Å². The maximum atomic E-state index is 12.1. The molecule has 4 nitrogen and oxygen atoms in total. The Morgan fingerprint density at radius 3 is 2.56 bits per heavy atom. The van der Waals surface area contributed by atoms with Gasteiger partial charge < -0.3 is 14.8 Å². The van der Waals surface area contributed by atoms with Crippen LogP contribution in [0.2, 0.25) is 0 Å². The first kappa shape index (κ1) is 19.3. The van der Waals surface area contributed by atoms with Gasteiger partial charge in [-0.1, -0.05) is 38.1 Å². The van der Waals surface area contributed by atoms with Crippen LogP contribution in [0.1, 0.15) is 37.8 Å². The van der Waals surface area contributed by atoms with E-state index in [1.54, 1.807) is 0 Å². The Morgan fingerprint density at radius 2 is 1.88 bits per heavy atom. The number of carbonyl (C=O) groups excluding carboxylic acids is 1. The predicted molar refractivity (Wildman–Crippen MR) is 103 cm³/mol. The van der Waals surface area contributed by atoms with Crippen molar-refractivity contribution >= 4 is 21.8 Å². The Morgan fingerprint density at radius 1 is 1.12 bits per heavy atom. The monoisotopic (exact) mass is 405 g/mol. The van der Waals surface area contributed by atoms with E-state index in [0.717, 1.165) is 15.8 Å². The molecule has 5 heteroatoms. The number of hydrogen-bond acceptors (Lipinski definition) is 3. The molecule has 0 spiro atoms. The largest absolute Gasteiger partial charge is 0.494 e. The highest BCUT2D eigenvalue weighted by Crippen LogP contribution is 2.28. The lowest BCUT2D eigenvalue weighted by Crippen LogP contribution is -2.28. The fourth-order valence-corrected chi connectivity index (χ4v) is 2.84. The minimum absolute atomic E-state index is 0.0313. The summed E-state index contributed by atoms with van der Waals surface area (Å²) in [6.45, 7) is 7.17. The molecular weight excluding hydrogens is 382 g/mol. The van der Waals surface area contributed by atoms with Gasteiger partial charge >= 0.3 is 0 Å². The molecular formula is C20H24BrNO3. The number of amides is 1. The molecule has 0 heterocycles. The molecule has 25 heavy (non-hydrogen) atoms. The van der Waals surface area contributed by atoms with Gasteiger partial charge in [-0.15, -0.1) is 0 Å². The summed E-state index contributed by atoms with van der Waals surface area (Å²) in [5, 5.41) is 2.86. The maximum absolute atomic E-state index is 12.1. The smallest absolute Gasteiger partial charge is 0.258 e. The van der Waals surface area contributed by atoms with Crippen LogP contribution >= 0.6 is 15.9 Å². The Hall–Kier alpha value is -2.01. The summed E-state index contributed by atoms with van der Waals surface area (Å²) in [4.78, 5) is 12.1. The second-order valence-corrected chi connectivity index (χ2v) is 6.81. The van der Waals surface area contributed by atoms with Crippen molar-refractivity contribution in [2.75, 3.05) is 13.2 Å². The highest BCUT2D eigenvalue weighted by atomic mass is 79.9. The van der Waals surface area contributed by atoms with Gasteiger partial charge in [0, 0.05) is 12.1 Å². The third-order valence-corrected chi connectivity index (χ3v) is 4.35. The normalized spacial score (nSPS) is 10.6. The minimum Gasteiger partial charge on any atom is -0.494 e. The molecule has 0 aliphatic rings. The van der Waals surface area contributed by atoms with Crippen LogP contribution in [0.5, 0.6) is 11.5 Å². The van der Waals surface area contributed by atoms with Crippen molar-refractivity contribution in [2.45, 2.75) is 33.2 Å². The zero-order chi connectivity index (χ0) is 18.2. The number of halogens is 1. The summed E-state index contributed by atoms with van der Waals surface area (Å²) in [6.07, 6.45) is 0. The summed E-state index contributed by atoms with van der Waals surface area (Å²) in [5.74, 6) is 1.72. The lowest BCUT2D eigenvalue weighted by Gasteiger charge is -2.13. The summed E-state index contributed by atoms with van der Waals surface area (Å²) in [6, 6.07) is 13.6. The molecule has 0 atom stereocenters. The second kappa shape index (κ2) is 9.47. The molecule has 2 aromatic rings. The van der Waals surface area contributed by atoms with Gasteiger partial charge in [-0.25, -0.2) is 0 Å². The standard InChI is InChI=1S/C20H24BrNO3/c1-4-24-18-8-6-5-7-16(18)12-22-20(23)13-25-19-10-9-15(14(2)3)11-17(19)21/h5-11,14H,4,12-13H2,1-3H3,(H,22,23). The van der Waals surface area contributed by atoms with Crippen molar-refractivity contribution in [3.05, 3.63) is 58.1 Å². The van der Waals surface area contributed by atoms with Crippen LogP contribution in [-0.4, -0.2) is 19.1 Å². The zero-order valence-electron chi connectivity index (χ0n) is 14.8. The van der Waals surface area contributed by atoms with E-state index in [4.69, 9.17) is 9.47 Å². The molecule has 0 bridgehead atoms. The van der Waals surface area contributed by atoms with E-state index in [9.17, 15) is 4.79 Å². The number of ether oxygens (including phenoxy) is 2. The summed E-state index contributed by atoms with van der Waals surface area (Å²) >= 11 is 3.49. The van der Waals surface area contributed by atoms with E-state index in [0.29, 0.717) is 24.8 Å². The fraction of sp³-hybridized carbons (Fsp3) is 0.350. The van der Waals surface area contributed by atoms with Gasteiger partial charge in [-0.3, -0.25) is 4.79 Å². The third-order valence-electron chi connectivity index (χ3n) is 3.73. The van der Waals surface area contributed by atoms with Crippen molar-refractivity contribution in [3.8, 4) is 11.5 Å². The lowest BCUT2D eigenvalue weighted by atomic mass is 10.0. The summed E-state index contributed by atoms with van der Waals surface area (Å²) in [5.41, 5.74) is 2.16. The Bertz CT molecular complexity index is 716. The van der Waals surface area contributed by atoms with Crippen LogP contribution in [0.15, 0.2) is 46.9 Å². The average molecular weight is 406 g/mol. The van der Waals surface area contributed by atoms with Crippen molar-refractivity contribution in [2.24, 2.45) is 0 Å². The van der Waals surface area contributed by atoms with Crippen LogP contribution in [0.3, 0.4) is 0 Å². The molecule has 2 aromatic carbocycles. The van der Waals surface area contributed by atoms with Crippen molar-refractivity contribution in [3.63, 3.8) is 0 Å². The van der Waals surface area contributed by atoms with Gasteiger partial charge in [0.1, 0.15) is 11.5 Å². The van der Waals surface area contributed by atoms with Gasteiger partial charge in [-0.2, -0.15) is 0 Å². The number of hydrogen-bond donors (Lipinski definition) is 1.